The number of sulfonamides is 1. The fraction of sp³-hybridized carbons (Fsp3) is 0.429. The molecule has 1 aromatic rings. The number of carbonyl (C=O) groups excluding carboxylic acids is 1. The topological polar surface area (TPSA) is 78.8 Å². The summed E-state index contributed by atoms with van der Waals surface area (Å²) in [5, 5.41) is 5.10. The van der Waals surface area contributed by atoms with Crippen molar-refractivity contribution in [2.75, 3.05) is 0 Å². The summed E-state index contributed by atoms with van der Waals surface area (Å²) in [7, 11) is -3.92. The molecule has 0 bridgehead atoms. The summed E-state index contributed by atoms with van der Waals surface area (Å²) in [6.45, 7) is 7.14. The van der Waals surface area contributed by atoms with Crippen LogP contribution in [-0.2, 0) is 10.0 Å². The number of nitrogens with zero attached hydrogens (tertiary/aromatic N) is 2. The highest BCUT2D eigenvalue weighted by atomic mass is 32.2. The first-order valence-corrected chi connectivity index (χ1v) is 8.08. The number of rotatable bonds is 2. The lowest BCUT2D eigenvalue weighted by molar-refractivity contribution is 0.159. The molecular formula is C14H19N3O3S. The lowest BCUT2D eigenvalue weighted by Gasteiger charge is -2.28. The maximum absolute atomic E-state index is 12.4. The van der Waals surface area contributed by atoms with Gasteiger partial charge in [0.1, 0.15) is 0 Å². The van der Waals surface area contributed by atoms with E-state index in [0.717, 1.165) is 10.6 Å². The third-order valence-corrected chi connectivity index (χ3v) is 4.87. The highest BCUT2D eigenvalue weighted by Crippen LogP contribution is 2.24. The van der Waals surface area contributed by atoms with Gasteiger partial charge in [-0.3, -0.25) is 0 Å². The van der Waals surface area contributed by atoms with Crippen LogP contribution in [-0.4, -0.2) is 31.2 Å². The molecule has 0 aliphatic carbocycles. The maximum Gasteiger partial charge on any atom is 0.352 e. The Labute approximate surface area is 124 Å². The highest BCUT2D eigenvalue weighted by Gasteiger charge is 2.36. The largest absolute Gasteiger partial charge is 0.352 e. The van der Waals surface area contributed by atoms with Gasteiger partial charge in [-0.2, -0.15) is 5.10 Å². The number of benzene rings is 1. The van der Waals surface area contributed by atoms with Gasteiger partial charge in [0.15, 0.2) is 0 Å². The zero-order valence-corrected chi connectivity index (χ0v) is 13.4. The van der Waals surface area contributed by atoms with Gasteiger partial charge in [0, 0.05) is 12.6 Å². The molecule has 1 aromatic carbocycles. The Morgan fingerprint density at radius 1 is 1.33 bits per heavy atom. The van der Waals surface area contributed by atoms with Crippen LogP contribution in [0.1, 0.15) is 31.4 Å². The third-order valence-electron chi connectivity index (χ3n) is 3.41. The summed E-state index contributed by atoms with van der Waals surface area (Å²) in [5.74, 6) is 0. The molecule has 1 aliphatic heterocycles. The summed E-state index contributed by atoms with van der Waals surface area (Å²) in [5.41, 5.74) is 0.874. The average molecular weight is 309 g/mol. The summed E-state index contributed by atoms with van der Waals surface area (Å²) in [4.78, 5) is 12.3. The van der Waals surface area contributed by atoms with Crippen LogP contribution in [0.5, 0.6) is 0 Å². The molecule has 0 unspecified atom stereocenters. The first-order valence-electron chi connectivity index (χ1n) is 6.60. The summed E-state index contributed by atoms with van der Waals surface area (Å²) in [6, 6.07) is 4.34. The predicted molar refractivity (Wildman–Crippen MR) is 80.7 cm³/mol. The molecule has 0 atom stereocenters. The van der Waals surface area contributed by atoms with Crippen molar-refractivity contribution >= 4 is 22.3 Å². The average Bonchev–Trinajstić information content (AvgIpc) is 2.71. The Morgan fingerprint density at radius 2 is 2.00 bits per heavy atom. The van der Waals surface area contributed by atoms with Crippen LogP contribution in [0.15, 0.2) is 28.2 Å². The Morgan fingerprint density at radius 3 is 2.57 bits per heavy atom. The normalized spacial score (nSPS) is 17.0. The van der Waals surface area contributed by atoms with Gasteiger partial charge in [-0.05, 0) is 44.9 Å². The van der Waals surface area contributed by atoms with Crippen LogP contribution in [0.2, 0.25) is 0 Å². The van der Waals surface area contributed by atoms with Crippen LogP contribution < -0.4 is 4.72 Å². The number of hydrogen-bond acceptors (Lipinski definition) is 4. The second-order valence-corrected chi connectivity index (χ2v) is 7.46. The lowest BCUT2D eigenvalue weighted by atomic mass is 10.0. The Hall–Kier alpha value is -1.89. The van der Waals surface area contributed by atoms with E-state index in [0.29, 0.717) is 12.0 Å². The van der Waals surface area contributed by atoms with Gasteiger partial charge < -0.3 is 0 Å². The van der Waals surface area contributed by atoms with Crippen LogP contribution >= 0.6 is 0 Å². The zero-order chi connectivity index (χ0) is 15.8. The minimum Gasteiger partial charge on any atom is -0.245 e. The van der Waals surface area contributed by atoms with E-state index in [1.165, 1.54) is 0 Å². The van der Waals surface area contributed by atoms with Crippen molar-refractivity contribution < 1.29 is 13.2 Å². The second kappa shape index (κ2) is 5.14. The number of carbonyl (C=O) groups is 1. The summed E-state index contributed by atoms with van der Waals surface area (Å²) >= 11 is 0. The standard InChI is InChI=1S/C14H19N3O3S/c1-10-5-6-11(2)12(9-10)21(19,20)16-13(18)17-14(3,4)7-8-15-17/h5-6,8-9H,7H2,1-4H3,(H,16,18). The Kier molecular flexibility index (Phi) is 3.79. The summed E-state index contributed by atoms with van der Waals surface area (Å²) < 4.78 is 26.8. The highest BCUT2D eigenvalue weighted by molar-refractivity contribution is 7.90. The number of hydrazone groups is 1. The molecular weight excluding hydrogens is 290 g/mol. The van der Waals surface area contributed by atoms with E-state index in [9.17, 15) is 13.2 Å². The Bertz CT molecular complexity index is 708. The van der Waals surface area contributed by atoms with Crippen molar-refractivity contribution in [2.45, 2.75) is 44.6 Å². The van der Waals surface area contributed by atoms with Gasteiger partial charge in [-0.25, -0.2) is 22.9 Å². The first-order chi connectivity index (χ1) is 9.63. The quantitative estimate of drug-likeness (QED) is 0.909. The van der Waals surface area contributed by atoms with E-state index in [2.05, 4.69) is 9.82 Å². The van der Waals surface area contributed by atoms with Crippen LogP contribution in [0.3, 0.4) is 0 Å². The number of nitrogens with one attached hydrogen (secondary N) is 1. The molecule has 2 rings (SSSR count). The molecule has 0 radical (unpaired) electrons. The van der Waals surface area contributed by atoms with E-state index < -0.39 is 21.6 Å². The SMILES string of the molecule is Cc1ccc(C)c(S(=O)(=O)NC(=O)N2N=CCC2(C)C)c1. The number of hydrogen-bond donors (Lipinski definition) is 1. The molecule has 1 heterocycles. The minimum absolute atomic E-state index is 0.108. The summed E-state index contributed by atoms with van der Waals surface area (Å²) in [6.07, 6.45) is 2.19. The lowest BCUT2D eigenvalue weighted by Crippen LogP contribution is -2.47. The smallest absolute Gasteiger partial charge is 0.245 e. The van der Waals surface area contributed by atoms with Gasteiger partial charge >= 0.3 is 6.03 Å². The van der Waals surface area contributed by atoms with Gasteiger partial charge in [-0.15, -0.1) is 0 Å². The van der Waals surface area contributed by atoms with Gasteiger partial charge in [0.05, 0.1) is 10.4 Å². The molecule has 0 saturated carbocycles. The number of aryl methyl sites for hydroxylation is 2. The predicted octanol–water partition coefficient (Wildman–Crippen LogP) is 2.17. The van der Waals surface area contributed by atoms with Gasteiger partial charge in [0.25, 0.3) is 10.0 Å². The van der Waals surface area contributed by atoms with Crippen LogP contribution in [0.4, 0.5) is 4.79 Å². The van der Waals surface area contributed by atoms with Crippen molar-refractivity contribution in [1.82, 2.24) is 9.73 Å². The van der Waals surface area contributed by atoms with E-state index in [4.69, 9.17) is 0 Å². The van der Waals surface area contributed by atoms with Crippen molar-refractivity contribution in [3.8, 4) is 0 Å². The zero-order valence-electron chi connectivity index (χ0n) is 12.5. The molecule has 7 heteroatoms. The molecule has 6 nitrogen and oxygen atoms in total. The van der Waals surface area contributed by atoms with Crippen molar-refractivity contribution in [3.63, 3.8) is 0 Å². The molecule has 2 amide bonds. The van der Waals surface area contributed by atoms with E-state index in [1.807, 2.05) is 19.9 Å². The second-order valence-electron chi connectivity index (χ2n) is 5.81. The van der Waals surface area contributed by atoms with E-state index in [-0.39, 0.29) is 4.90 Å². The fourth-order valence-electron chi connectivity index (χ4n) is 2.13. The molecule has 0 spiro atoms. The van der Waals surface area contributed by atoms with Crippen LogP contribution in [0.25, 0.3) is 0 Å². The molecule has 21 heavy (non-hydrogen) atoms. The number of urea groups is 1. The van der Waals surface area contributed by atoms with Crippen molar-refractivity contribution in [1.29, 1.82) is 0 Å². The minimum atomic E-state index is -3.92. The number of amides is 2. The van der Waals surface area contributed by atoms with Gasteiger partial charge in [0.2, 0.25) is 0 Å². The first kappa shape index (κ1) is 15.5. The molecule has 0 fully saturated rings. The molecule has 0 aromatic heterocycles. The molecule has 1 N–H and O–H groups in total. The monoisotopic (exact) mass is 309 g/mol. The van der Waals surface area contributed by atoms with Crippen molar-refractivity contribution in [3.05, 3.63) is 29.3 Å². The third kappa shape index (κ3) is 3.07. The van der Waals surface area contributed by atoms with Gasteiger partial charge in [-0.1, -0.05) is 12.1 Å². The van der Waals surface area contributed by atoms with E-state index in [1.54, 1.807) is 32.2 Å². The molecule has 0 saturated heterocycles. The molecule has 1 aliphatic rings. The maximum atomic E-state index is 12.4. The Balaban J connectivity index is 2.28. The van der Waals surface area contributed by atoms with E-state index >= 15 is 0 Å². The van der Waals surface area contributed by atoms with Crippen LogP contribution in [0, 0.1) is 13.8 Å². The molecule has 114 valence electrons. The van der Waals surface area contributed by atoms with Crippen molar-refractivity contribution in [2.24, 2.45) is 5.10 Å². The fourth-order valence-corrected chi connectivity index (χ4v) is 3.39.